The lowest BCUT2D eigenvalue weighted by molar-refractivity contribution is 0.708. The van der Waals surface area contributed by atoms with Crippen LogP contribution in [0.3, 0.4) is 0 Å². The van der Waals surface area contributed by atoms with Gasteiger partial charge in [-0.15, -0.1) is 0 Å². The Kier molecular flexibility index (Phi) is 5.27. The van der Waals surface area contributed by atoms with Gasteiger partial charge in [0.25, 0.3) is 5.56 Å². The van der Waals surface area contributed by atoms with Crippen LogP contribution in [0.15, 0.2) is 41.2 Å². The standard InChI is InChI=1S/C18H13Cl2IN2O/c1-2-23-17(8-4-11-3-5-12(19)9-15(11)20)22-16-7-6-13(21)10-14(16)18(23)24/h3-10H,2H2,1H3/b8-4+. The number of aromatic nitrogens is 2. The Labute approximate surface area is 163 Å². The highest BCUT2D eigenvalue weighted by molar-refractivity contribution is 14.1. The molecule has 0 N–H and O–H groups in total. The molecule has 0 spiro atoms. The SMILES string of the molecule is CCn1c(/C=C/c2ccc(Cl)cc2Cl)nc2ccc(I)cc2c1=O. The topological polar surface area (TPSA) is 34.9 Å². The summed E-state index contributed by atoms with van der Waals surface area (Å²) in [5, 5.41) is 1.77. The number of hydrogen-bond acceptors (Lipinski definition) is 2. The molecule has 0 fully saturated rings. The summed E-state index contributed by atoms with van der Waals surface area (Å²) < 4.78 is 2.66. The molecule has 0 atom stereocenters. The Morgan fingerprint density at radius 2 is 1.96 bits per heavy atom. The van der Waals surface area contributed by atoms with E-state index in [2.05, 4.69) is 27.6 Å². The molecular weight excluding hydrogens is 458 g/mol. The molecule has 6 heteroatoms. The minimum Gasteiger partial charge on any atom is -0.293 e. The summed E-state index contributed by atoms with van der Waals surface area (Å²) in [6, 6.07) is 11.0. The zero-order valence-corrected chi connectivity index (χ0v) is 16.4. The number of fused-ring (bicyclic) bond motifs is 1. The molecule has 122 valence electrons. The van der Waals surface area contributed by atoms with E-state index in [1.165, 1.54) is 0 Å². The molecule has 0 saturated carbocycles. The lowest BCUT2D eigenvalue weighted by Crippen LogP contribution is -2.23. The Bertz CT molecular complexity index is 1010. The van der Waals surface area contributed by atoms with Gasteiger partial charge < -0.3 is 0 Å². The van der Waals surface area contributed by atoms with Gasteiger partial charge in [0.2, 0.25) is 0 Å². The molecule has 0 aliphatic heterocycles. The molecule has 0 saturated heterocycles. The monoisotopic (exact) mass is 470 g/mol. The number of benzene rings is 2. The minimum absolute atomic E-state index is 0.0390. The Hall–Kier alpha value is -1.37. The van der Waals surface area contributed by atoms with Gasteiger partial charge in [0.15, 0.2) is 0 Å². The minimum atomic E-state index is -0.0390. The second kappa shape index (κ2) is 7.25. The maximum atomic E-state index is 12.7. The predicted molar refractivity (Wildman–Crippen MR) is 110 cm³/mol. The van der Waals surface area contributed by atoms with E-state index < -0.39 is 0 Å². The highest BCUT2D eigenvalue weighted by atomic mass is 127. The van der Waals surface area contributed by atoms with Crippen molar-refractivity contribution in [1.82, 2.24) is 9.55 Å². The Balaban J connectivity index is 2.13. The average molecular weight is 471 g/mol. The van der Waals surface area contributed by atoms with Gasteiger partial charge in [0, 0.05) is 20.2 Å². The van der Waals surface area contributed by atoms with Crippen LogP contribution in [0, 0.1) is 3.57 Å². The molecule has 1 heterocycles. The number of nitrogens with zero attached hydrogens (tertiary/aromatic N) is 2. The van der Waals surface area contributed by atoms with Crippen molar-refractivity contribution < 1.29 is 0 Å². The quantitative estimate of drug-likeness (QED) is 0.474. The molecule has 3 rings (SSSR count). The van der Waals surface area contributed by atoms with E-state index in [-0.39, 0.29) is 5.56 Å². The first-order valence-corrected chi connectivity index (χ1v) is 9.16. The van der Waals surface area contributed by atoms with E-state index in [1.54, 1.807) is 22.8 Å². The van der Waals surface area contributed by atoms with E-state index in [0.717, 1.165) is 9.13 Å². The van der Waals surface area contributed by atoms with Crippen LogP contribution < -0.4 is 5.56 Å². The van der Waals surface area contributed by atoms with E-state index in [1.807, 2.05) is 37.3 Å². The van der Waals surface area contributed by atoms with Crippen LogP contribution in [-0.2, 0) is 6.54 Å². The first-order valence-electron chi connectivity index (χ1n) is 7.33. The Morgan fingerprint density at radius 3 is 2.67 bits per heavy atom. The fourth-order valence-corrected chi connectivity index (χ4v) is 3.41. The highest BCUT2D eigenvalue weighted by Gasteiger charge is 2.08. The lowest BCUT2D eigenvalue weighted by Gasteiger charge is -2.09. The molecule has 0 radical (unpaired) electrons. The molecule has 0 aliphatic carbocycles. The lowest BCUT2D eigenvalue weighted by atomic mass is 10.2. The van der Waals surface area contributed by atoms with Crippen molar-refractivity contribution in [3.63, 3.8) is 0 Å². The largest absolute Gasteiger partial charge is 0.293 e. The zero-order chi connectivity index (χ0) is 17.3. The molecule has 2 aromatic carbocycles. The fraction of sp³-hybridized carbons (Fsp3) is 0.111. The van der Waals surface area contributed by atoms with Crippen LogP contribution in [0.1, 0.15) is 18.3 Å². The normalized spacial score (nSPS) is 11.5. The average Bonchev–Trinajstić information content (AvgIpc) is 2.55. The summed E-state index contributed by atoms with van der Waals surface area (Å²) in [5.74, 6) is 0.599. The van der Waals surface area contributed by atoms with E-state index in [0.29, 0.717) is 33.3 Å². The first kappa shape index (κ1) is 17.5. The van der Waals surface area contributed by atoms with Crippen molar-refractivity contribution in [1.29, 1.82) is 0 Å². The van der Waals surface area contributed by atoms with Gasteiger partial charge in [-0.2, -0.15) is 0 Å². The molecule has 1 aromatic heterocycles. The summed E-state index contributed by atoms with van der Waals surface area (Å²) in [7, 11) is 0. The number of halogens is 3. The van der Waals surface area contributed by atoms with E-state index in [4.69, 9.17) is 23.2 Å². The summed E-state index contributed by atoms with van der Waals surface area (Å²) >= 11 is 14.3. The molecule has 0 amide bonds. The molecule has 3 nitrogen and oxygen atoms in total. The molecular formula is C18H13Cl2IN2O. The van der Waals surface area contributed by atoms with Gasteiger partial charge in [-0.1, -0.05) is 29.3 Å². The fourth-order valence-electron chi connectivity index (χ4n) is 2.44. The van der Waals surface area contributed by atoms with Crippen LogP contribution in [0.2, 0.25) is 10.0 Å². The van der Waals surface area contributed by atoms with Gasteiger partial charge in [-0.05, 0) is 77.6 Å². The van der Waals surface area contributed by atoms with Crippen LogP contribution in [0.25, 0.3) is 23.1 Å². The molecule has 0 bridgehead atoms. The smallest absolute Gasteiger partial charge is 0.261 e. The van der Waals surface area contributed by atoms with Crippen LogP contribution in [0.4, 0.5) is 0 Å². The van der Waals surface area contributed by atoms with Crippen molar-refractivity contribution in [3.05, 3.63) is 71.8 Å². The van der Waals surface area contributed by atoms with Crippen LogP contribution in [0.5, 0.6) is 0 Å². The summed E-state index contributed by atoms with van der Waals surface area (Å²) in [5.41, 5.74) is 1.47. The van der Waals surface area contributed by atoms with Crippen molar-refractivity contribution in [2.24, 2.45) is 0 Å². The molecule has 3 aromatic rings. The van der Waals surface area contributed by atoms with Crippen molar-refractivity contribution in [3.8, 4) is 0 Å². The second-order valence-corrected chi connectivity index (χ2v) is 7.27. The van der Waals surface area contributed by atoms with Gasteiger partial charge >= 0.3 is 0 Å². The van der Waals surface area contributed by atoms with Crippen LogP contribution >= 0.6 is 45.8 Å². The second-order valence-electron chi connectivity index (χ2n) is 5.18. The maximum Gasteiger partial charge on any atom is 0.261 e. The third-order valence-corrected chi connectivity index (χ3v) is 4.87. The number of rotatable bonds is 3. The molecule has 0 unspecified atom stereocenters. The van der Waals surface area contributed by atoms with Gasteiger partial charge in [0.05, 0.1) is 10.9 Å². The van der Waals surface area contributed by atoms with Crippen LogP contribution in [-0.4, -0.2) is 9.55 Å². The first-order chi connectivity index (χ1) is 11.5. The van der Waals surface area contributed by atoms with Gasteiger partial charge in [-0.3, -0.25) is 9.36 Å². The number of hydrogen-bond donors (Lipinski definition) is 0. The van der Waals surface area contributed by atoms with Gasteiger partial charge in [-0.25, -0.2) is 4.98 Å². The Morgan fingerprint density at radius 1 is 1.17 bits per heavy atom. The van der Waals surface area contributed by atoms with Crippen molar-refractivity contribution in [2.45, 2.75) is 13.5 Å². The van der Waals surface area contributed by atoms with Gasteiger partial charge in [0.1, 0.15) is 5.82 Å². The molecule has 24 heavy (non-hydrogen) atoms. The summed E-state index contributed by atoms with van der Waals surface area (Å²) in [6.45, 7) is 2.47. The zero-order valence-electron chi connectivity index (χ0n) is 12.8. The third kappa shape index (κ3) is 3.50. The molecule has 0 aliphatic rings. The predicted octanol–water partition coefficient (Wildman–Crippen LogP) is 5.50. The van der Waals surface area contributed by atoms with Crippen molar-refractivity contribution in [2.75, 3.05) is 0 Å². The van der Waals surface area contributed by atoms with E-state index >= 15 is 0 Å². The summed E-state index contributed by atoms with van der Waals surface area (Å²) in [4.78, 5) is 17.3. The highest BCUT2D eigenvalue weighted by Crippen LogP contribution is 2.23. The van der Waals surface area contributed by atoms with E-state index in [9.17, 15) is 4.79 Å². The summed E-state index contributed by atoms with van der Waals surface area (Å²) in [6.07, 6.45) is 3.64. The maximum absolute atomic E-state index is 12.7. The van der Waals surface area contributed by atoms with Crippen molar-refractivity contribution >= 4 is 68.8 Å². The third-order valence-electron chi connectivity index (χ3n) is 3.64.